The minimum Gasteiger partial charge on any atom is -0.369 e. The second-order valence-electron chi connectivity index (χ2n) is 5.08. The van der Waals surface area contributed by atoms with Crippen LogP contribution in [-0.4, -0.2) is 28.6 Å². The number of hydrogen-bond donors (Lipinski definition) is 3. The van der Waals surface area contributed by atoms with E-state index in [1.165, 1.54) is 12.1 Å². The number of aryl methyl sites for hydroxylation is 1. The van der Waals surface area contributed by atoms with Gasteiger partial charge in [0, 0.05) is 12.2 Å². The van der Waals surface area contributed by atoms with Gasteiger partial charge in [-0.05, 0) is 37.1 Å². The standard InChI is InChI=1S/C15H17FN4O2/c1-9-6-13(20-19-9)15(22)18-8-11(14(17)21)7-10-2-4-12(16)5-3-10/h2-6,11H,7-8H2,1H3,(H2,17,21)(H,18,22)(H,19,20). The summed E-state index contributed by atoms with van der Waals surface area (Å²) in [5.41, 5.74) is 7.15. The Labute approximate surface area is 126 Å². The summed E-state index contributed by atoms with van der Waals surface area (Å²) in [7, 11) is 0. The minimum atomic E-state index is -0.575. The average molecular weight is 304 g/mol. The largest absolute Gasteiger partial charge is 0.369 e. The summed E-state index contributed by atoms with van der Waals surface area (Å²) in [4.78, 5) is 23.4. The maximum Gasteiger partial charge on any atom is 0.271 e. The van der Waals surface area contributed by atoms with Gasteiger partial charge in [0.25, 0.3) is 5.91 Å². The summed E-state index contributed by atoms with van der Waals surface area (Å²) in [6.45, 7) is 1.88. The van der Waals surface area contributed by atoms with E-state index in [9.17, 15) is 14.0 Å². The normalized spacial score (nSPS) is 11.9. The van der Waals surface area contributed by atoms with Crippen LogP contribution in [0.15, 0.2) is 30.3 Å². The van der Waals surface area contributed by atoms with Gasteiger partial charge in [0.15, 0.2) is 0 Å². The maximum absolute atomic E-state index is 12.9. The zero-order valence-electron chi connectivity index (χ0n) is 12.1. The summed E-state index contributed by atoms with van der Waals surface area (Å²) < 4.78 is 12.9. The summed E-state index contributed by atoms with van der Waals surface area (Å²) in [5, 5.41) is 9.13. The molecule has 1 heterocycles. The number of halogens is 1. The molecule has 4 N–H and O–H groups in total. The molecular weight excluding hydrogens is 287 g/mol. The number of primary amides is 1. The molecule has 0 aliphatic heterocycles. The number of aromatic amines is 1. The molecule has 0 spiro atoms. The van der Waals surface area contributed by atoms with Gasteiger partial charge in [0.1, 0.15) is 11.5 Å². The summed E-state index contributed by atoms with van der Waals surface area (Å²) in [6.07, 6.45) is 0.329. The molecular formula is C15H17FN4O2. The Morgan fingerprint density at radius 3 is 2.59 bits per heavy atom. The van der Waals surface area contributed by atoms with Crippen molar-refractivity contribution in [2.45, 2.75) is 13.3 Å². The van der Waals surface area contributed by atoms with Gasteiger partial charge in [-0.2, -0.15) is 5.10 Å². The van der Waals surface area contributed by atoms with E-state index in [-0.39, 0.29) is 24.0 Å². The SMILES string of the molecule is Cc1cc(C(=O)NCC(Cc2ccc(F)cc2)C(N)=O)n[nH]1. The van der Waals surface area contributed by atoms with Crippen LogP contribution in [-0.2, 0) is 11.2 Å². The van der Waals surface area contributed by atoms with Gasteiger partial charge in [0.05, 0.1) is 5.92 Å². The molecule has 22 heavy (non-hydrogen) atoms. The van der Waals surface area contributed by atoms with E-state index in [0.717, 1.165) is 11.3 Å². The van der Waals surface area contributed by atoms with Crippen LogP contribution in [0.25, 0.3) is 0 Å². The van der Waals surface area contributed by atoms with Crippen LogP contribution < -0.4 is 11.1 Å². The highest BCUT2D eigenvalue weighted by Gasteiger charge is 2.18. The lowest BCUT2D eigenvalue weighted by Gasteiger charge is -2.14. The monoisotopic (exact) mass is 304 g/mol. The number of nitrogens with zero attached hydrogens (tertiary/aromatic N) is 1. The van der Waals surface area contributed by atoms with E-state index in [4.69, 9.17) is 5.73 Å². The van der Waals surface area contributed by atoms with Crippen LogP contribution >= 0.6 is 0 Å². The molecule has 0 radical (unpaired) electrons. The third-order valence-electron chi connectivity index (χ3n) is 3.25. The lowest BCUT2D eigenvalue weighted by molar-refractivity contribution is -0.121. The maximum atomic E-state index is 12.9. The number of nitrogens with two attached hydrogens (primary N) is 1. The predicted molar refractivity (Wildman–Crippen MR) is 78.4 cm³/mol. The van der Waals surface area contributed by atoms with Gasteiger partial charge in [-0.15, -0.1) is 0 Å². The lowest BCUT2D eigenvalue weighted by atomic mass is 9.98. The number of amides is 2. The van der Waals surface area contributed by atoms with Crippen molar-refractivity contribution < 1.29 is 14.0 Å². The molecule has 0 saturated heterocycles. The molecule has 1 atom stereocenters. The molecule has 2 amide bonds. The van der Waals surface area contributed by atoms with Crippen molar-refractivity contribution in [1.82, 2.24) is 15.5 Å². The van der Waals surface area contributed by atoms with E-state index in [0.29, 0.717) is 6.42 Å². The number of carbonyl (C=O) groups excluding carboxylic acids is 2. The number of hydrogen-bond acceptors (Lipinski definition) is 3. The Morgan fingerprint density at radius 1 is 1.36 bits per heavy atom. The smallest absolute Gasteiger partial charge is 0.271 e. The van der Waals surface area contributed by atoms with Crippen molar-refractivity contribution in [3.05, 3.63) is 53.1 Å². The average Bonchev–Trinajstić information content (AvgIpc) is 2.91. The van der Waals surface area contributed by atoms with Crippen LogP contribution in [0.5, 0.6) is 0 Å². The number of rotatable bonds is 6. The van der Waals surface area contributed by atoms with Gasteiger partial charge >= 0.3 is 0 Å². The first-order valence-corrected chi connectivity index (χ1v) is 6.79. The number of carbonyl (C=O) groups is 2. The Balaban J connectivity index is 1.95. The molecule has 0 bridgehead atoms. The molecule has 0 aliphatic rings. The van der Waals surface area contributed by atoms with Gasteiger partial charge in [-0.1, -0.05) is 12.1 Å². The van der Waals surface area contributed by atoms with Gasteiger partial charge < -0.3 is 11.1 Å². The van der Waals surface area contributed by atoms with Crippen LogP contribution in [0.1, 0.15) is 21.7 Å². The van der Waals surface area contributed by atoms with Crippen LogP contribution in [0.4, 0.5) is 4.39 Å². The van der Waals surface area contributed by atoms with E-state index >= 15 is 0 Å². The number of benzene rings is 1. The zero-order chi connectivity index (χ0) is 16.1. The van der Waals surface area contributed by atoms with Crippen molar-refractivity contribution in [3.63, 3.8) is 0 Å². The van der Waals surface area contributed by atoms with Crippen molar-refractivity contribution in [2.24, 2.45) is 11.7 Å². The molecule has 6 nitrogen and oxygen atoms in total. The second kappa shape index (κ2) is 6.84. The van der Waals surface area contributed by atoms with Crippen LogP contribution in [0.2, 0.25) is 0 Å². The first-order valence-electron chi connectivity index (χ1n) is 6.79. The fourth-order valence-corrected chi connectivity index (χ4v) is 2.02. The molecule has 0 fully saturated rings. The molecule has 2 aromatic rings. The van der Waals surface area contributed by atoms with E-state index < -0.39 is 11.8 Å². The molecule has 2 rings (SSSR count). The highest BCUT2D eigenvalue weighted by molar-refractivity contribution is 5.92. The quantitative estimate of drug-likeness (QED) is 0.740. The molecule has 1 unspecified atom stereocenters. The van der Waals surface area contributed by atoms with Crippen LogP contribution in [0.3, 0.4) is 0 Å². The number of nitrogens with one attached hydrogen (secondary N) is 2. The summed E-state index contributed by atoms with van der Waals surface area (Å²) in [6, 6.07) is 7.42. The van der Waals surface area contributed by atoms with Crippen molar-refractivity contribution in [3.8, 4) is 0 Å². The first kappa shape index (κ1) is 15.7. The third-order valence-corrected chi connectivity index (χ3v) is 3.25. The van der Waals surface area contributed by atoms with E-state index in [2.05, 4.69) is 15.5 Å². The van der Waals surface area contributed by atoms with Gasteiger partial charge in [0.2, 0.25) is 5.91 Å². The van der Waals surface area contributed by atoms with E-state index in [1.807, 2.05) is 0 Å². The Bertz CT molecular complexity index is 666. The molecule has 116 valence electrons. The lowest BCUT2D eigenvalue weighted by Crippen LogP contribution is -2.37. The van der Waals surface area contributed by atoms with Gasteiger partial charge in [-0.3, -0.25) is 14.7 Å². The highest BCUT2D eigenvalue weighted by atomic mass is 19.1. The fraction of sp³-hybridized carbons (Fsp3) is 0.267. The topological polar surface area (TPSA) is 101 Å². The third kappa shape index (κ3) is 4.15. The molecule has 1 aromatic heterocycles. The number of aromatic nitrogens is 2. The molecule has 0 aliphatic carbocycles. The Kier molecular flexibility index (Phi) is 4.88. The van der Waals surface area contributed by atoms with Gasteiger partial charge in [-0.25, -0.2) is 4.39 Å². The molecule has 0 saturated carbocycles. The summed E-state index contributed by atoms with van der Waals surface area (Å²) in [5.74, 6) is -1.83. The minimum absolute atomic E-state index is 0.0947. The highest BCUT2D eigenvalue weighted by Crippen LogP contribution is 2.10. The van der Waals surface area contributed by atoms with Crippen LogP contribution in [0, 0.1) is 18.7 Å². The fourth-order valence-electron chi connectivity index (χ4n) is 2.02. The molecule has 1 aromatic carbocycles. The zero-order valence-corrected chi connectivity index (χ0v) is 12.1. The Hall–Kier alpha value is -2.70. The molecule has 7 heteroatoms. The van der Waals surface area contributed by atoms with Crippen molar-refractivity contribution in [1.29, 1.82) is 0 Å². The predicted octanol–water partition coefficient (Wildman–Crippen LogP) is 0.931. The van der Waals surface area contributed by atoms with Crippen molar-refractivity contribution >= 4 is 11.8 Å². The Morgan fingerprint density at radius 2 is 2.05 bits per heavy atom. The van der Waals surface area contributed by atoms with E-state index in [1.54, 1.807) is 25.1 Å². The number of H-pyrrole nitrogens is 1. The second-order valence-corrected chi connectivity index (χ2v) is 5.08. The first-order chi connectivity index (χ1) is 10.5. The summed E-state index contributed by atoms with van der Waals surface area (Å²) >= 11 is 0. The van der Waals surface area contributed by atoms with Crippen molar-refractivity contribution in [2.75, 3.05) is 6.54 Å².